The molecule has 1 aliphatic heterocycles. The van der Waals surface area contributed by atoms with E-state index in [4.69, 9.17) is 4.98 Å². The van der Waals surface area contributed by atoms with E-state index in [0.29, 0.717) is 6.42 Å². The van der Waals surface area contributed by atoms with E-state index >= 15 is 0 Å². The van der Waals surface area contributed by atoms with Crippen LogP contribution in [0.15, 0.2) is 42.0 Å². The van der Waals surface area contributed by atoms with E-state index in [-0.39, 0.29) is 11.9 Å². The van der Waals surface area contributed by atoms with Gasteiger partial charge < -0.3 is 4.90 Å². The normalized spacial score (nSPS) is 14.4. The Labute approximate surface area is 163 Å². The molecule has 0 bridgehead atoms. The topological polar surface area (TPSA) is 46.1 Å². The van der Waals surface area contributed by atoms with Gasteiger partial charge in [0.25, 0.3) is 0 Å². The van der Waals surface area contributed by atoms with Gasteiger partial charge in [-0.15, -0.1) is 11.3 Å². The van der Waals surface area contributed by atoms with Crippen LogP contribution in [0.3, 0.4) is 0 Å². The Hall–Kier alpha value is -2.53. The Bertz CT molecular complexity index is 978. The smallest absolute Gasteiger partial charge is 0.227 e. The van der Waals surface area contributed by atoms with Crippen LogP contribution in [-0.4, -0.2) is 21.9 Å². The van der Waals surface area contributed by atoms with Crippen LogP contribution in [0.4, 0.5) is 5.69 Å². The number of fused-ring (bicyclic) bond motifs is 1. The minimum atomic E-state index is 0.164. The minimum absolute atomic E-state index is 0.164. The minimum Gasteiger partial charge on any atom is -0.310 e. The van der Waals surface area contributed by atoms with Gasteiger partial charge in [0, 0.05) is 47.1 Å². The number of hydrogen-bond donors (Lipinski definition) is 0. The molecule has 4 rings (SSSR count). The average molecular weight is 378 g/mol. The number of carbonyl (C=O) groups is 1. The van der Waals surface area contributed by atoms with E-state index in [9.17, 15) is 4.79 Å². The Morgan fingerprint density at radius 2 is 1.89 bits per heavy atom. The zero-order chi connectivity index (χ0) is 19.0. The summed E-state index contributed by atoms with van der Waals surface area (Å²) in [7, 11) is 0. The molecular formula is C22H23N3OS. The summed E-state index contributed by atoms with van der Waals surface area (Å²) in [6, 6.07) is 8.36. The summed E-state index contributed by atoms with van der Waals surface area (Å²) in [6.07, 6.45) is 6.04. The first-order valence-electron chi connectivity index (χ1n) is 9.37. The van der Waals surface area contributed by atoms with Gasteiger partial charge in [-0.05, 0) is 62.9 Å². The molecule has 1 aromatic carbocycles. The first kappa shape index (κ1) is 17.9. The standard InChI is InChI=1S/C22H23N3OS/c1-14(2)25-20-8-7-17(15(3)18(20)5-4-6-21(25)26)19-13-27-22(24-19)16-9-11-23-12-10-16/h7-14H,4-6H2,1-3H3. The highest BCUT2D eigenvalue weighted by molar-refractivity contribution is 7.13. The maximum absolute atomic E-state index is 12.6. The largest absolute Gasteiger partial charge is 0.310 e. The molecule has 0 saturated heterocycles. The van der Waals surface area contributed by atoms with Crippen LogP contribution in [0.25, 0.3) is 21.8 Å². The molecule has 5 heteroatoms. The fraction of sp³-hybridized carbons (Fsp3) is 0.318. The molecule has 0 saturated carbocycles. The molecule has 0 aliphatic carbocycles. The number of carbonyl (C=O) groups excluding carboxylic acids is 1. The number of nitrogens with zero attached hydrogens (tertiary/aromatic N) is 3. The SMILES string of the molecule is Cc1c(-c2csc(-c3ccncc3)n2)ccc2c1CCCC(=O)N2C(C)C. The van der Waals surface area contributed by atoms with Gasteiger partial charge in [0.1, 0.15) is 5.01 Å². The van der Waals surface area contributed by atoms with Crippen LogP contribution in [0, 0.1) is 6.92 Å². The van der Waals surface area contributed by atoms with Gasteiger partial charge in [0.15, 0.2) is 0 Å². The molecule has 0 N–H and O–H groups in total. The predicted octanol–water partition coefficient (Wildman–Crippen LogP) is 5.26. The Morgan fingerprint density at radius 3 is 2.63 bits per heavy atom. The average Bonchev–Trinajstić information content (AvgIpc) is 3.07. The first-order chi connectivity index (χ1) is 13.1. The summed E-state index contributed by atoms with van der Waals surface area (Å²) in [6.45, 7) is 6.32. The molecule has 0 spiro atoms. The fourth-order valence-electron chi connectivity index (χ4n) is 3.82. The van der Waals surface area contributed by atoms with Crippen LogP contribution >= 0.6 is 11.3 Å². The Morgan fingerprint density at radius 1 is 1.11 bits per heavy atom. The van der Waals surface area contributed by atoms with E-state index in [1.54, 1.807) is 23.7 Å². The Kier molecular flexibility index (Phi) is 4.79. The van der Waals surface area contributed by atoms with E-state index < -0.39 is 0 Å². The molecule has 3 heterocycles. The summed E-state index contributed by atoms with van der Waals surface area (Å²) >= 11 is 1.65. The summed E-state index contributed by atoms with van der Waals surface area (Å²) in [5.41, 5.74) is 6.83. The van der Waals surface area contributed by atoms with E-state index in [2.05, 4.69) is 43.3 Å². The van der Waals surface area contributed by atoms with Gasteiger partial charge >= 0.3 is 0 Å². The monoisotopic (exact) mass is 377 g/mol. The van der Waals surface area contributed by atoms with Gasteiger partial charge in [-0.1, -0.05) is 6.07 Å². The summed E-state index contributed by atoms with van der Waals surface area (Å²) < 4.78 is 0. The van der Waals surface area contributed by atoms with Gasteiger partial charge in [-0.3, -0.25) is 9.78 Å². The van der Waals surface area contributed by atoms with Crippen LogP contribution < -0.4 is 4.90 Å². The van der Waals surface area contributed by atoms with Crippen molar-refractivity contribution in [1.29, 1.82) is 0 Å². The third kappa shape index (κ3) is 3.28. The number of hydrogen-bond acceptors (Lipinski definition) is 4. The quantitative estimate of drug-likeness (QED) is 0.625. The predicted molar refractivity (Wildman–Crippen MR) is 111 cm³/mol. The Balaban J connectivity index is 1.77. The molecule has 138 valence electrons. The first-order valence-corrected chi connectivity index (χ1v) is 10.2. The summed E-state index contributed by atoms with van der Waals surface area (Å²) in [4.78, 5) is 23.5. The van der Waals surface area contributed by atoms with Crippen molar-refractivity contribution in [2.45, 2.75) is 46.1 Å². The molecule has 1 aliphatic rings. The van der Waals surface area contributed by atoms with Crippen molar-refractivity contribution in [1.82, 2.24) is 9.97 Å². The highest BCUT2D eigenvalue weighted by Gasteiger charge is 2.26. The number of rotatable bonds is 3. The zero-order valence-electron chi connectivity index (χ0n) is 15.9. The number of pyridine rings is 1. The van der Waals surface area contributed by atoms with Gasteiger partial charge in [-0.25, -0.2) is 4.98 Å². The number of anilines is 1. The van der Waals surface area contributed by atoms with Crippen molar-refractivity contribution in [3.63, 3.8) is 0 Å². The second-order valence-corrected chi connectivity index (χ2v) is 8.08. The fourth-order valence-corrected chi connectivity index (χ4v) is 4.65. The number of thiazole rings is 1. The number of benzene rings is 1. The van der Waals surface area contributed by atoms with E-state index in [0.717, 1.165) is 40.4 Å². The molecule has 2 aromatic heterocycles. The van der Waals surface area contributed by atoms with Crippen LogP contribution in [-0.2, 0) is 11.2 Å². The highest BCUT2D eigenvalue weighted by atomic mass is 32.1. The second-order valence-electron chi connectivity index (χ2n) is 7.22. The van der Waals surface area contributed by atoms with Crippen molar-refractivity contribution in [3.05, 3.63) is 53.2 Å². The van der Waals surface area contributed by atoms with E-state index in [1.165, 1.54) is 11.1 Å². The molecule has 0 radical (unpaired) electrons. The molecule has 1 amide bonds. The molecule has 4 nitrogen and oxygen atoms in total. The highest BCUT2D eigenvalue weighted by Crippen LogP contribution is 2.37. The lowest BCUT2D eigenvalue weighted by atomic mass is 9.95. The van der Waals surface area contributed by atoms with Gasteiger partial charge in [-0.2, -0.15) is 0 Å². The van der Waals surface area contributed by atoms with Crippen molar-refractivity contribution < 1.29 is 4.79 Å². The van der Waals surface area contributed by atoms with Crippen LogP contribution in [0.5, 0.6) is 0 Å². The molecule has 0 fully saturated rings. The maximum atomic E-state index is 12.6. The maximum Gasteiger partial charge on any atom is 0.227 e. The van der Waals surface area contributed by atoms with E-state index in [1.807, 2.05) is 17.0 Å². The number of amides is 1. The molecule has 0 unspecified atom stereocenters. The third-order valence-electron chi connectivity index (χ3n) is 5.14. The van der Waals surface area contributed by atoms with Crippen molar-refractivity contribution in [3.8, 4) is 21.8 Å². The van der Waals surface area contributed by atoms with Crippen molar-refractivity contribution in [2.24, 2.45) is 0 Å². The summed E-state index contributed by atoms with van der Waals surface area (Å²) in [5.74, 6) is 0.226. The van der Waals surface area contributed by atoms with Crippen molar-refractivity contribution >= 4 is 22.9 Å². The lowest BCUT2D eigenvalue weighted by molar-refractivity contribution is -0.118. The van der Waals surface area contributed by atoms with Crippen molar-refractivity contribution in [2.75, 3.05) is 4.90 Å². The van der Waals surface area contributed by atoms with Crippen LogP contribution in [0.2, 0.25) is 0 Å². The lowest BCUT2D eigenvalue weighted by Gasteiger charge is -2.28. The molecule has 3 aromatic rings. The zero-order valence-corrected chi connectivity index (χ0v) is 16.7. The second kappa shape index (κ2) is 7.24. The summed E-state index contributed by atoms with van der Waals surface area (Å²) in [5, 5.41) is 3.12. The third-order valence-corrected chi connectivity index (χ3v) is 6.03. The lowest BCUT2D eigenvalue weighted by Crippen LogP contribution is -2.36. The van der Waals surface area contributed by atoms with Gasteiger partial charge in [0.05, 0.1) is 5.69 Å². The number of aromatic nitrogens is 2. The molecule has 0 atom stereocenters. The molecular weight excluding hydrogens is 354 g/mol. The molecule has 27 heavy (non-hydrogen) atoms. The van der Waals surface area contributed by atoms with Gasteiger partial charge in [0.2, 0.25) is 5.91 Å². The van der Waals surface area contributed by atoms with Crippen LogP contribution in [0.1, 0.15) is 37.8 Å².